The molecule has 0 radical (unpaired) electrons. The van der Waals surface area contributed by atoms with E-state index in [2.05, 4.69) is 4.98 Å². The largest absolute Gasteiger partial charge is 0.476 e. The molecule has 24 heavy (non-hydrogen) atoms. The van der Waals surface area contributed by atoms with E-state index < -0.39 is 33.3 Å². The summed E-state index contributed by atoms with van der Waals surface area (Å²) in [6.45, 7) is 1.08. The molecule has 1 aromatic carbocycles. The number of rotatable bonds is 6. The van der Waals surface area contributed by atoms with Gasteiger partial charge in [-0.2, -0.15) is 0 Å². The van der Waals surface area contributed by atoms with Crippen molar-refractivity contribution in [1.82, 2.24) is 9.71 Å². The zero-order valence-corrected chi connectivity index (χ0v) is 13.3. The number of hydrogen-bond donors (Lipinski definition) is 1. The molecule has 1 N–H and O–H groups in total. The number of pyridine rings is 1. The maximum atomic E-state index is 12.0. The van der Waals surface area contributed by atoms with Gasteiger partial charge in [0.25, 0.3) is 15.9 Å². The first-order chi connectivity index (χ1) is 11.3. The summed E-state index contributed by atoms with van der Waals surface area (Å²) >= 11 is 0. The third-order valence-electron chi connectivity index (χ3n) is 2.86. The van der Waals surface area contributed by atoms with Gasteiger partial charge in [-0.25, -0.2) is 13.1 Å². The Balaban J connectivity index is 2.04. The second-order valence-corrected chi connectivity index (χ2v) is 6.40. The number of amides is 1. The molecule has 0 bridgehead atoms. The Labute approximate surface area is 137 Å². The molecule has 126 valence electrons. The minimum atomic E-state index is -4.04. The SMILES string of the molecule is Cc1ccc(S(=O)(=O)NC(=O)COc2cccnc2[N+](=O)[O-])cc1. The maximum Gasteiger partial charge on any atom is 0.406 e. The number of sulfonamides is 1. The van der Waals surface area contributed by atoms with Crippen LogP contribution in [0.1, 0.15) is 5.56 Å². The van der Waals surface area contributed by atoms with Gasteiger partial charge < -0.3 is 14.9 Å². The summed E-state index contributed by atoms with van der Waals surface area (Å²) in [6, 6.07) is 8.55. The fraction of sp³-hybridized carbons (Fsp3) is 0.143. The summed E-state index contributed by atoms with van der Waals surface area (Å²) in [5.74, 6) is -1.76. The van der Waals surface area contributed by atoms with Crippen LogP contribution >= 0.6 is 0 Å². The Bertz CT molecular complexity index is 864. The van der Waals surface area contributed by atoms with Gasteiger partial charge in [0.05, 0.1) is 4.90 Å². The lowest BCUT2D eigenvalue weighted by molar-refractivity contribution is -0.390. The quantitative estimate of drug-likeness (QED) is 0.611. The fourth-order valence-electron chi connectivity index (χ4n) is 1.73. The van der Waals surface area contributed by atoms with Crippen LogP contribution in [0.25, 0.3) is 0 Å². The normalized spacial score (nSPS) is 10.9. The van der Waals surface area contributed by atoms with Crippen molar-refractivity contribution in [3.05, 3.63) is 58.3 Å². The van der Waals surface area contributed by atoms with E-state index in [0.29, 0.717) is 0 Å². The zero-order valence-electron chi connectivity index (χ0n) is 12.5. The standard InChI is InChI=1S/C14H13N3O6S/c1-10-4-6-11(7-5-10)24(21,22)16-13(18)9-23-12-3-2-8-15-14(12)17(19)20/h2-8H,9H2,1H3,(H,16,18). The number of aromatic nitrogens is 1. The van der Waals surface area contributed by atoms with Crippen LogP contribution in [0.15, 0.2) is 47.5 Å². The molecule has 0 atom stereocenters. The van der Waals surface area contributed by atoms with E-state index in [4.69, 9.17) is 4.74 Å². The molecule has 0 saturated carbocycles. The summed E-state index contributed by atoms with van der Waals surface area (Å²) in [7, 11) is -4.04. The van der Waals surface area contributed by atoms with Crippen LogP contribution < -0.4 is 9.46 Å². The fourth-order valence-corrected chi connectivity index (χ4v) is 2.70. The number of benzene rings is 1. The van der Waals surface area contributed by atoms with Crippen LogP contribution in [-0.2, 0) is 14.8 Å². The van der Waals surface area contributed by atoms with Crippen molar-refractivity contribution in [3.63, 3.8) is 0 Å². The number of nitro groups is 1. The number of nitrogens with one attached hydrogen (secondary N) is 1. The molecule has 2 rings (SSSR count). The highest BCUT2D eigenvalue weighted by molar-refractivity contribution is 7.90. The molecule has 0 aliphatic carbocycles. The van der Waals surface area contributed by atoms with E-state index in [1.54, 1.807) is 19.1 Å². The minimum absolute atomic E-state index is 0.0752. The van der Waals surface area contributed by atoms with Crippen molar-refractivity contribution in [3.8, 4) is 5.75 Å². The lowest BCUT2D eigenvalue weighted by atomic mass is 10.2. The van der Waals surface area contributed by atoms with Crippen molar-refractivity contribution in [1.29, 1.82) is 0 Å². The Morgan fingerprint density at radius 3 is 2.58 bits per heavy atom. The van der Waals surface area contributed by atoms with Gasteiger partial charge in [-0.15, -0.1) is 0 Å². The topological polar surface area (TPSA) is 128 Å². The predicted molar refractivity (Wildman–Crippen MR) is 82.9 cm³/mol. The molecule has 0 spiro atoms. The molecule has 1 heterocycles. The lowest BCUT2D eigenvalue weighted by Gasteiger charge is -2.08. The average Bonchev–Trinajstić information content (AvgIpc) is 2.53. The lowest BCUT2D eigenvalue weighted by Crippen LogP contribution is -2.34. The molecule has 9 nitrogen and oxygen atoms in total. The van der Waals surface area contributed by atoms with E-state index in [9.17, 15) is 23.3 Å². The van der Waals surface area contributed by atoms with Gasteiger partial charge in [0.1, 0.15) is 6.20 Å². The molecule has 1 aromatic heterocycles. The summed E-state index contributed by atoms with van der Waals surface area (Å²) < 4.78 is 30.9. The first kappa shape index (κ1) is 17.3. The van der Waals surface area contributed by atoms with E-state index in [1.807, 2.05) is 4.72 Å². The summed E-state index contributed by atoms with van der Waals surface area (Å²) in [4.78, 5) is 25.2. The van der Waals surface area contributed by atoms with Crippen LogP contribution in [-0.4, -0.2) is 30.8 Å². The number of carbonyl (C=O) groups excluding carboxylic acids is 1. The van der Waals surface area contributed by atoms with Crippen LogP contribution in [0.4, 0.5) is 5.82 Å². The Hall–Kier alpha value is -3.01. The number of nitrogens with zero attached hydrogens (tertiary/aromatic N) is 2. The van der Waals surface area contributed by atoms with Gasteiger partial charge in [0, 0.05) is 0 Å². The minimum Gasteiger partial charge on any atom is -0.476 e. The van der Waals surface area contributed by atoms with Crippen LogP contribution in [0.5, 0.6) is 5.75 Å². The molecule has 0 fully saturated rings. The summed E-state index contributed by atoms with van der Waals surface area (Å²) in [5, 5.41) is 10.8. The van der Waals surface area contributed by atoms with Crippen molar-refractivity contribution >= 4 is 21.7 Å². The average molecular weight is 351 g/mol. The van der Waals surface area contributed by atoms with E-state index >= 15 is 0 Å². The van der Waals surface area contributed by atoms with Gasteiger partial charge in [0.15, 0.2) is 6.61 Å². The molecule has 10 heteroatoms. The molecular weight excluding hydrogens is 338 g/mol. The predicted octanol–water partition coefficient (Wildman–Crippen LogP) is 1.18. The number of aryl methyl sites for hydroxylation is 1. The van der Waals surface area contributed by atoms with Crippen molar-refractivity contribution in [2.45, 2.75) is 11.8 Å². The third kappa shape index (κ3) is 4.26. The molecule has 0 saturated heterocycles. The van der Waals surface area contributed by atoms with Crippen molar-refractivity contribution in [2.75, 3.05) is 6.61 Å². The first-order valence-electron chi connectivity index (χ1n) is 6.64. The number of ether oxygens (including phenoxy) is 1. The highest BCUT2D eigenvalue weighted by atomic mass is 32.2. The number of hydrogen-bond acceptors (Lipinski definition) is 7. The molecular formula is C14H13N3O6S. The Morgan fingerprint density at radius 2 is 1.96 bits per heavy atom. The highest BCUT2D eigenvalue weighted by Crippen LogP contribution is 2.22. The molecule has 0 unspecified atom stereocenters. The molecule has 2 aromatic rings. The maximum absolute atomic E-state index is 12.0. The summed E-state index contributed by atoms with van der Waals surface area (Å²) in [5.41, 5.74) is 0.868. The Morgan fingerprint density at radius 1 is 1.29 bits per heavy atom. The molecule has 0 aliphatic heterocycles. The smallest absolute Gasteiger partial charge is 0.406 e. The van der Waals surface area contributed by atoms with Crippen LogP contribution in [0, 0.1) is 17.0 Å². The summed E-state index contributed by atoms with van der Waals surface area (Å²) in [6.07, 6.45) is 1.20. The van der Waals surface area contributed by atoms with Crippen LogP contribution in [0.2, 0.25) is 0 Å². The number of carbonyl (C=O) groups is 1. The van der Waals surface area contributed by atoms with Crippen LogP contribution in [0.3, 0.4) is 0 Å². The Kier molecular flexibility index (Phi) is 5.09. The highest BCUT2D eigenvalue weighted by Gasteiger charge is 2.20. The van der Waals surface area contributed by atoms with E-state index in [-0.39, 0.29) is 10.6 Å². The van der Waals surface area contributed by atoms with Crippen molar-refractivity contribution < 1.29 is 22.9 Å². The first-order valence-corrected chi connectivity index (χ1v) is 8.12. The second-order valence-electron chi connectivity index (χ2n) is 4.71. The van der Waals surface area contributed by atoms with E-state index in [1.165, 1.54) is 30.5 Å². The second kappa shape index (κ2) is 7.04. The van der Waals surface area contributed by atoms with Gasteiger partial charge >= 0.3 is 5.82 Å². The molecule has 0 aliphatic rings. The third-order valence-corrected chi connectivity index (χ3v) is 4.25. The van der Waals surface area contributed by atoms with Gasteiger partial charge in [0.2, 0.25) is 5.75 Å². The van der Waals surface area contributed by atoms with Crippen molar-refractivity contribution in [2.24, 2.45) is 0 Å². The van der Waals surface area contributed by atoms with Gasteiger partial charge in [-0.1, -0.05) is 17.7 Å². The molecule has 1 amide bonds. The van der Waals surface area contributed by atoms with E-state index in [0.717, 1.165) is 5.56 Å². The van der Waals surface area contributed by atoms with Gasteiger partial charge in [-0.05, 0) is 41.1 Å². The van der Waals surface area contributed by atoms with Gasteiger partial charge in [-0.3, -0.25) is 4.79 Å². The monoisotopic (exact) mass is 351 g/mol. The zero-order chi connectivity index (χ0) is 17.7.